The van der Waals surface area contributed by atoms with Crippen LogP contribution < -0.4 is 5.32 Å². The van der Waals surface area contributed by atoms with Gasteiger partial charge in [-0.3, -0.25) is 15.1 Å². The molecule has 0 radical (unpaired) electrons. The van der Waals surface area contributed by atoms with Crippen LogP contribution in [0.5, 0.6) is 0 Å². The van der Waals surface area contributed by atoms with E-state index in [4.69, 9.17) is 0 Å². The highest BCUT2D eigenvalue weighted by molar-refractivity contribution is 5.94. The van der Waals surface area contributed by atoms with Crippen molar-refractivity contribution in [1.82, 2.24) is 20.2 Å². The van der Waals surface area contributed by atoms with Crippen molar-refractivity contribution in [3.8, 4) is 17.3 Å². The van der Waals surface area contributed by atoms with Crippen molar-refractivity contribution in [2.45, 2.75) is 50.9 Å². The van der Waals surface area contributed by atoms with Gasteiger partial charge in [-0.25, -0.2) is 4.39 Å². The summed E-state index contributed by atoms with van der Waals surface area (Å²) in [6.45, 7) is 1.92. The van der Waals surface area contributed by atoms with Gasteiger partial charge in [0.05, 0.1) is 16.8 Å². The molecular formula is C24H26FN5O2. The Morgan fingerprint density at radius 3 is 2.94 bits per heavy atom. The van der Waals surface area contributed by atoms with E-state index in [9.17, 15) is 19.6 Å². The molecule has 7 nitrogen and oxygen atoms in total. The van der Waals surface area contributed by atoms with E-state index in [1.54, 1.807) is 36.3 Å². The van der Waals surface area contributed by atoms with Crippen molar-refractivity contribution in [2.75, 3.05) is 7.05 Å². The van der Waals surface area contributed by atoms with Crippen molar-refractivity contribution in [1.29, 1.82) is 5.26 Å². The van der Waals surface area contributed by atoms with Crippen LogP contribution in [-0.2, 0) is 0 Å². The summed E-state index contributed by atoms with van der Waals surface area (Å²) >= 11 is 0. The first-order chi connectivity index (χ1) is 15.4. The zero-order valence-corrected chi connectivity index (χ0v) is 18.1. The van der Waals surface area contributed by atoms with Crippen molar-refractivity contribution < 1.29 is 14.3 Å². The molecule has 2 heterocycles. The fraction of sp³-hybridized carbons (Fsp3) is 0.375. The van der Waals surface area contributed by atoms with Crippen molar-refractivity contribution in [3.05, 3.63) is 53.6 Å². The highest BCUT2D eigenvalue weighted by atomic mass is 19.1. The number of pyridine rings is 1. The molecule has 32 heavy (non-hydrogen) atoms. The third kappa shape index (κ3) is 4.22. The molecule has 0 saturated heterocycles. The number of aromatic amines is 1. The molecule has 0 spiro atoms. The molecule has 1 aliphatic rings. The molecule has 1 aliphatic carbocycles. The van der Waals surface area contributed by atoms with E-state index >= 15 is 0 Å². The number of halogens is 1. The number of hydrogen-bond acceptors (Lipinski definition) is 5. The van der Waals surface area contributed by atoms with Crippen molar-refractivity contribution in [2.24, 2.45) is 0 Å². The van der Waals surface area contributed by atoms with E-state index < -0.39 is 12.0 Å². The van der Waals surface area contributed by atoms with Gasteiger partial charge in [0.15, 0.2) is 0 Å². The van der Waals surface area contributed by atoms with Crippen LogP contribution in [0.1, 0.15) is 48.5 Å². The number of rotatable bonds is 6. The predicted octanol–water partition coefficient (Wildman–Crippen LogP) is 3.55. The molecule has 3 aromatic rings. The second-order valence-corrected chi connectivity index (χ2v) is 8.29. The fourth-order valence-electron chi connectivity index (χ4n) is 4.33. The monoisotopic (exact) mass is 435 g/mol. The largest absolute Gasteiger partial charge is 0.379 e. The van der Waals surface area contributed by atoms with Crippen LogP contribution in [-0.4, -0.2) is 51.2 Å². The van der Waals surface area contributed by atoms with Gasteiger partial charge in [-0.1, -0.05) is 6.92 Å². The van der Waals surface area contributed by atoms with Gasteiger partial charge in [0, 0.05) is 48.0 Å². The molecule has 1 amide bonds. The first-order valence-electron chi connectivity index (χ1n) is 10.8. The smallest absolute Gasteiger partial charge is 0.255 e. The average Bonchev–Trinajstić information content (AvgIpc) is 3.44. The number of aliphatic hydroxyl groups is 1. The van der Waals surface area contributed by atoms with Crippen molar-refractivity contribution in [3.63, 3.8) is 0 Å². The summed E-state index contributed by atoms with van der Waals surface area (Å²) in [6, 6.07) is 8.59. The molecule has 4 rings (SSSR count). The lowest BCUT2D eigenvalue weighted by Crippen LogP contribution is -2.39. The van der Waals surface area contributed by atoms with Crippen LogP contribution in [0.4, 0.5) is 4.39 Å². The second-order valence-electron chi connectivity index (χ2n) is 8.29. The first kappa shape index (κ1) is 21.9. The third-order valence-electron chi connectivity index (χ3n) is 6.26. The predicted molar refractivity (Wildman–Crippen MR) is 119 cm³/mol. The molecule has 2 aromatic heterocycles. The van der Waals surface area contributed by atoms with Crippen LogP contribution >= 0.6 is 0 Å². The normalized spacial score (nSPS) is 19.1. The molecule has 0 aliphatic heterocycles. The number of aromatic nitrogens is 2. The number of nitriles is 1. The number of benzene rings is 1. The van der Waals surface area contributed by atoms with Gasteiger partial charge >= 0.3 is 0 Å². The van der Waals surface area contributed by atoms with Crippen molar-refractivity contribution >= 4 is 16.8 Å². The number of fused-ring (bicyclic) bond motifs is 1. The summed E-state index contributed by atoms with van der Waals surface area (Å²) in [5.41, 5.74) is 2.09. The Bertz CT molecular complexity index is 1170. The van der Waals surface area contributed by atoms with Crippen LogP contribution in [0.2, 0.25) is 0 Å². The Hall–Kier alpha value is -3.28. The molecule has 166 valence electrons. The topological polar surface area (TPSA) is 105 Å². The van der Waals surface area contributed by atoms with Crippen LogP contribution in [0.15, 0.2) is 36.7 Å². The highest BCUT2D eigenvalue weighted by Gasteiger charge is 2.31. The Morgan fingerprint density at radius 2 is 2.25 bits per heavy atom. The number of amides is 1. The van der Waals surface area contributed by atoms with Gasteiger partial charge in [-0.15, -0.1) is 0 Å². The first-order valence-corrected chi connectivity index (χ1v) is 10.8. The van der Waals surface area contributed by atoms with Gasteiger partial charge in [-0.05, 0) is 49.9 Å². The maximum atomic E-state index is 14.6. The Labute approximate surface area is 185 Å². The zero-order valence-electron chi connectivity index (χ0n) is 18.1. The fourth-order valence-corrected chi connectivity index (χ4v) is 4.33. The van der Waals surface area contributed by atoms with E-state index in [0.717, 1.165) is 19.3 Å². The molecule has 1 saturated carbocycles. The minimum Gasteiger partial charge on any atom is -0.379 e. The summed E-state index contributed by atoms with van der Waals surface area (Å²) in [4.78, 5) is 21.9. The molecule has 8 heteroatoms. The number of carbonyl (C=O) groups is 1. The minimum absolute atomic E-state index is 0.0848. The maximum Gasteiger partial charge on any atom is 0.255 e. The minimum atomic E-state index is -0.522. The second kappa shape index (κ2) is 9.07. The Balaban J connectivity index is 1.49. The molecule has 3 atom stereocenters. The number of H-pyrrole nitrogens is 1. The van der Waals surface area contributed by atoms with Crippen LogP contribution in [0.3, 0.4) is 0 Å². The van der Waals surface area contributed by atoms with Gasteiger partial charge in [0.2, 0.25) is 0 Å². The Morgan fingerprint density at radius 1 is 1.44 bits per heavy atom. The molecular weight excluding hydrogens is 409 g/mol. The van der Waals surface area contributed by atoms with E-state index in [-0.39, 0.29) is 23.6 Å². The maximum absolute atomic E-state index is 14.6. The van der Waals surface area contributed by atoms with E-state index in [1.807, 2.05) is 6.92 Å². The Kier molecular flexibility index (Phi) is 6.21. The molecule has 0 bridgehead atoms. The summed E-state index contributed by atoms with van der Waals surface area (Å²) in [5, 5.41) is 22.8. The van der Waals surface area contributed by atoms with Gasteiger partial charge in [-0.2, -0.15) is 5.26 Å². The van der Waals surface area contributed by atoms with E-state index in [2.05, 4.69) is 21.4 Å². The lowest BCUT2D eigenvalue weighted by atomic mass is 10.1. The molecule has 1 fully saturated rings. The summed E-state index contributed by atoms with van der Waals surface area (Å²) in [6.07, 6.45) is 5.69. The molecule has 3 N–H and O–H groups in total. The standard InChI is InChI=1S/C24H26FN5O2/c1-3-23(31)29-16-5-6-17(8-16)30(2)24(32)14-4-7-21(27-12-14)19-9-18-15(11-26)13-28-22(18)10-20(19)25/h4,7,9-10,12-13,16-17,23,28-29,31H,3,5-6,8H2,1-2H3/t16-,17+,23?/m0/s1. The number of hydrogen-bond donors (Lipinski definition) is 3. The van der Waals surface area contributed by atoms with Gasteiger partial charge in [0.1, 0.15) is 18.1 Å². The third-order valence-corrected chi connectivity index (χ3v) is 6.26. The van der Waals surface area contributed by atoms with E-state index in [0.29, 0.717) is 34.1 Å². The summed E-state index contributed by atoms with van der Waals surface area (Å²) in [5.74, 6) is -0.592. The summed E-state index contributed by atoms with van der Waals surface area (Å²) < 4.78 is 14.6. The molecule has 1 unspecified atom stereocenters. The number of nitrogens with zero attached hydrogens (tertiary/aromatic N) is 3. The number of aliphatic hydroxyl groups excluding tert-OH is 1. The molecule has 1 aromatic carbocycles. The SMILES string of the molecule is CCC(O)N[C@H]1CC[C@@H](N(C)C(=O)c2ccc(-c3cc4c(C#N)c[nH]c4cc3F)nc2)C1. The van der Waals surface area contributed by atoms with Gasteiger partial charge < -0.3 is 15.0 Å². The highest BCUT2D eigenvalue weighted by Crippen LogP contribution is 2.29. The van der Waals surface area contributed by atoms with Crippen LogP contribution in [0.25, 0.3) is 22.2 Å². The average molecular weight is 436 g/mol. The summed E-state index contributed by atoms with van der Waals surface area (Å²) in [7, 11) is 1.78. The number of carbonyl (C=O) groups excluding carboxylic acids is 1. The lowest BCUT2D eigenvalue weighted by molar-refractivity contribution is 0.0728. The van der Waals surface area contributed by atoms with Gasteiger partial charge in [0.25, 0.3) is 5.91 Å². The quantitative estimate of drug-likeness (QED) is 0.514. The van der Waals surface area contributed by atoms with E-state index in [1.165, 1.54) is 12.3 Å². The lowest BCUT2D eigenvalue weighted by Gasteiger charge is -2.25. The number of nitrogens with one attached hydrogen (secondary N) is 2. The zero-order chi connectivity index (χ0) is 22.8. The van der Waals surface area contributed by atoms with Crippen LogP contribution in [0, 0.1) is 17.1 Å².